The maximum atomic E-state index is 10.8. The summed E-state index contributed by atoms with van der Waals surface area (Å²) in [7, 11) is -2.43. The molecule has 0 bridgehead atoms. The lowest BCUT2D eigenvalue weighted by Crippen LogP contribution is -2.40. The summed E-state index contributed by atoms with van der Waals surface area (Å²) >= 11 is 0. The van der Waals surface area contributed by atoms with Crippen LogP contribution >= 0.6 is 0 Å². The summed E-state index contributed by atoms with van der Waals surface area (Å²) in [6, 6.07) is 0.484. The Hall–Kier alpha value is -1.44. The van der Waals surface area contributed by atoms with Gasteiger partial charge in [-0.3, -0.25) is 0 Å². The Labute approximate surface area is 120 Å². The highest BCUT2D eigenvalue weighted by Gasteiger charge is 2.29. The third-order valence-electron chi connectivity index (χ3n) is 2.26. The summed E-state index contributed by atoms with van der Waals surface area (Å²) < 4.78 is 20.8. The molecule has 0 rings (SSSR count). The fourth-order valence-electron chi connectivity index (χ4n) is 1.10. The standard InChI is InChI=1S/C13H21O6Si/c1-5-12(14)16-8-10-18-20(4,7-3)19-11-9-17-13(15)6-2/h5-6H,1-3,7-11H2,4H3. The lowest BCUT2D eigenvalue weighted by Gasteiger charge is -2.25. The normalized spacial score (nSPS) is 10.7. The molecule has 0 aromatic carbocycles. The van der Waals surface area contributed by atoms with E-state index in [0.717, 1.165) is 12.2 Å². The number of ether oxygens (including phenoxy) is 2. The number of hydrogen-bond acceptors (Lipinski definition) is 6. The SMILES string of the molecule is [CH2]C[Si](C)(OCCOC(=O)C=C)OCCOC(=O)C=C. The molecule has 0 aliphatic heterocycles. The fraction of sp³-hybridized carbons (Fsp3) is 0.462. The monoisotopic (exact) mass is 301 g/mol. The van der Waals surface area contributed by atoms with Gasteiger partial charge in [-0.15, -0.1) is 0 Å². The van der Waals surface area contributed by atoms with E-state index in [9.17, 15) is 9.59 Å². The van der Waals surface area contributed by atoms with Gasteiger partial charge in [0.15, 0.2) is 0 Å². The molecule has 6 nitrogen and oxygen atoms in total. The molecular weight excluding hydrogens is 280 g/mol. The summed E-state index contributed by atoms with van der Waals surface area (Å²) in [5.74, 6) is -0.993. The number of hydrogen-bond donors (Lipinski definition) is 0. The summed E-state index contributed by atoms with van der Waals surface area (Å²) in [6.07, 6.45) is 2.17. The van der Waals surface area contributed by atoms with Crippen LogP contribution in [0, 0.1) is 6.92 Å². The highest BCUT2D eigenvalue weighted by molar-refractivity contribution is 6.66. The van der Waals surface area contributed by atoms with Gasteiger partial charge >= 0.3 is 20.5 Å². The van der Waals surface area contributed by atoms with Gasteiger partial charge in [-0.1, -0.05) is 20.1 Å². The molecule has 7 heteroatoms. The maximum absolute atomic E-state index is 10.8. The lowest BCUT2D eigenvalue weighted by atomic mass is 10.6. The van der Waals surface area contributed by atoms with Crippen LogP contribution in [0.4, 0.5) is 0 Å². The fourth-order valence-corrected chi connectivity index (χ4v) is 2.51. The second-order valence-corrected chi connectivity index (χ2v) is 7.17. The van der Waals surface area contributed by atoms with Crippen LogP contribution in [0.5, 0.6) is 0 Å². The Balaban J connectivity index is 3.88. The Kier molecular flexibility index (Phi) is 9.61. The van der Waals surface area contributed by atoms with E-state index in [4.69, 9.17) is 18.3 Å². The first kappa shape index (κ1) is 18.6. The maximum Gasteiger partial charge on any atom is 0.335 e. The van der Waals surface area contributed by atoms with Gasteiger partial charge in [-0.25, -0.2) is 9.59 Å². The van der Waals surface area contributed by atoms with Crippen molar-refractivity contribution in [2.24, 2.45) is 0 Å². The third-order valence-corrected chi connectivity index (χ3v) is 4.80. The average molecular weight is 301 g/mol. The number of carbonyl (C=O) groups is 2. The largest absolute Gasteiger partial charge is 0.460 e. The molecule has 0 spiro atoms. The molecule has 0 fully saturated rings. The number of carbonyl (C=O) groups excluding carboxylic acids is 2. The predicted molar refractivity (Wildman–Crippen MR) is 76.0 cm³/mol. The van der Waals surface area contributed by atoms with Crippen LogP contribution in [-0.2, 0) is 27.9 Å². The molecule has 20 heavy (non-hydrogen) atoms. The minimum Gasteiger partial charge on any atom is -0.460 e. The molecule has 0 unspecified atom stereocenters. The van der Waals surface area contributed by atoms with Crippen molar-refractivity contribution < 1.29 is 27.9 Å². The first-order valence-electron chi connectivity index (χ1n) is 6.13. The van der Waals surface area contributed by atoms with E-state index in [2.05, 4.69) is 20.1 Å². The van der Waals surface area contributed by atoms with Crippen molar-refractivity contribution in [1.29, 1.82) is 0 Å². The van der Waals surface area contributed by atoms with Gasteiger partial charge in [0, 0.05) is 12.2 Å². The second-order valence-electron chi connectivity index (χ2n) is 3.82. The Morgan fingerprint density at radius 3 is 1.65 bits per heavy atom. The molecule has 0 heterocycles. The Morgan fingerprint density at radius 1 is 0.950 bits per heavy atom. The zero-order chi connectivity index (χ0) is 15.4. The summed E-state index contributed by atoms with van der Waals surface area (Å²) in [5.41, 5.74) is 0. The lowest BCUT2D eigenvalue weighted by molar-refractivity contribution is -0.139. The molecule has 1 radical (unpaired) electrons. The third kappa shape index (κ3) is 8.62. The van der Waals surface area contributed by atoms with Crippen LogP contribution in [0.2, 0.25) is 12.6 Å². The van der Waals surface area contributed by atoms with Crippen molar-refractivity contribution >= 4 is 20.5 Å². The van der Waals surface area contributed by atoms with E-state index in [0.29, 0.717) is 6.04 Å². The van der Waals surface area contributed by atoms with Gasteiger partial charge < -0.3 is 18.3 Å². The van der Waals surface area contributed by atoms with Crippen molar-refractivity contribution in [3.63, 3.8) is 0 Å². The first-order chi connectivity index (χ1) is 9.47. The molecule has 0 saturated carbocycles. The molecule has 0 aliphatic carbocycles. The minimum atomic E-state index is -2.43. The zero-order valence-electron chi connectivity index (χ0n) is 11.8. The summed E-state index contributed by atoms with van der Waals surface area (Å²) in [6.45, 7) is 12.9. The van der Waals surface area contributed by atoms with Crippen LogP contribution in [0.25, 0.3) is 0 Å². The molecule has 113 valence electrons. The van der Waals surface area contributed by atoms with Gasteiger partial charge in [-0.2, -0.15) is 0 Å². The van der Waals surface area contributed by atoms with E-state index in [1.807, 2.05) is 6.55 Å². The molecule has 0 aromatic rings. The van der Waals surface area contributed by atoms with Gasteiger partial charge in [0.25, 0.3) is 0 Å². The van der Waals surface area contributed by atoms with Gasteiger partial charge in [0.2, 0.25) is 0 Å². The Bertz CT molecular complexity index is 314. The Morgan fingerprint density at radius 2 is 1.35 bits per heavy atom. The van der Waals surface area contributed by atoms with E-state index >= 15 is 0 Å². The van der Waals surface area contributed by atoms with Crippen LogP contribution in [-0.4, -0.2) is 46.9 Å². The van der Waals surface area contributed by atoms with Gasteiger partial charge in [0.1, 0.15) is 13.2 Å². The van der Waals surface area contributed by atoms with Crippen molar-refractivity contribution in [3.05, 3.63) is 32.2 Å². The van der Waals surface area contributed by atoms with Crippen molar-refractivity contribution in [2.45, 2.75) is 12.6 Å². The quantitative estimate of drug-likeness (QED) is 0.248. The molecule has 0 amide bonds. The van der Waals surface area contributed by atoms with Crippen LogP contribution in [0.3, 0.4) is 0 Å². The second kappa shape index (κ2) is 10.4. The van der Waals surface area contributed by atoms with Crippen LogP contribution < -0.4 is 0 Å². The number of esters is 2. The average Bonchev–Trinajstić information content (AvgIpc) is 2.47. The minimum absolute atomic E-state index is 0.127. The van der Waals surface area contributed by atoms with E-state index < -0.39 is 20.5 Å². The molecule has 0 atom stereocenters. The molecular formula is C13H21O6Si. The van der Waals surface area contributed by atoms with Crippen molar-refractivity contribution in [1.82, 2.24) is 0 Å². The van der Waals surface area contributed by atoms with E-state index in [1.54, 1.807) is 0 Å². The number of rotatable bonds is 11. The molecule has 0 aromatic heterocycles. The van der Waals surface area contributed by atoms with Crippen LogP contribution in [0.15, 0.2) is 25.3 Å². The first-order valence-corrected chi connectivity index (χ1v) is 8.65. The van der Waals surface area contributed by atoms with E-state index in [-0.39, 0.29) is 26.4 Å². The molecule has 0 N–H and O–H groups in total. The van der Waals surface area contributed by atoms with Crippen molar-refractivity contribution in [3.8, 4) is 0 Å². The molecule has 0 saturated heterocycles. The molecule has 0 aliphatic rings. The topological polar surface area (TPSA) is 71.1 Å². The zero-order valence-corrected chi connectivity index (χ0v) is 12.8. The predicted octanol–water partition coefficient (Wildman–Crippen LogP) is 1.38. The van der Waals surface area contributed by atoms with Gasteiger partial charge in [-0.05, 0) is 12.6 Å². The smallest absolute Gasteiger partial charge is 0.335 e. The summed E-state index contributed by atoms with van der Waals surface area (Å²) in [4.78, 5) is 21.6. The summed E-state index contributed by atoms with van der Waals surface area (Å²) in [5, 5.41) is 0. The highest BCUT2D eigenvalue weighted by atomic mass is 28.4. The highest BCUT2D eigenvalue weighted by Crippen LogP contribution is 2.12. The van der Waals surface area contributed by atoms with Gasteiger partial charge in [0.05, 0.1) is 13.2 Å². The van der Waals surface area contributed by atoms with Crippen LogP contribution in [0.1, 0.15) is 0 Å². The van der Waals surface area contributed by atoms with Crippen molar-refractivity contribution in [2.75, 3.05) is 26.4 Å². The van der Waals surface area contributed by atoms with E-state index in [1.165, 1.54) is 0 Å².